The van der Waals surface area contributed by atoms with Crippen molar-refractivity contribution >= 4 is 21.7 Å². The first-order valence-corrected chi connectivity index (χ1v) is 7.74. The quantitative estimate of drug-likeness (QED) is 0.671. The average Bonchev–Trinajstić information content (AvgIpc) is 2.11. The Balaban J connectivity index is 3.96. The largest absolute Gasteiger partial charge is 0.481 e. The number of carbonyl (C=O) groups excluding carboxylic acids is 1. The molecule has 0 aliphatic rings. The molecule has 0 fully saturated rings. The highest BCUT2D eigenvalue weighted by Crippen LogP contribution is 2.25. The van der Waals surface area contributed by atoms with Crippen molar-refractivity contribution < 1.29 is 23.1 Å². The molecule has 0 radical (unpaired) electrons. The van der Waals surface area contributed by atoms with E-state index in [1.807, 2.05) is 13.8 Å². The predicted octanol–water partition coefficient (Wildman–Crippen LogP) is 0.428. The van der Waals surface area contributed by atoms with E-state index in [-0.39, 0.29) is 11.8 Å². The zero-order valence-electron chi connectivity index (χ0n) is 11.0. The highest BCUT2D eigenvalue weighted by atomic mass is 32.2. The van der Waals surface area contributed by atoms with Crippen molar-refractivity contribution in [2.75, 3.05) is 18.6 Å². The molecule has 0 heterocycles. The van der Waals surface area contributed by atoms with Crippen LogP contribution in [0.4, 0.5) is 0 Å². The van der Waals surface area contributed by atoms with Crippen LogP contribution in [0, 0.1) is 5.41 Å². The number of carboxylic acids is 1. The van der Waals surface area contributed by atoms with Crippen LogP contribution in [0.3, 0.4) is 0 Å². The monoisotopic (exact) mass is 279 g/mol. The summed E-state index contributed by atoms with van der Waals surface area (Å²) in [6, 6.07) is 0. The van der Waals surface area contributed by atoms with Crippen LogP contribution in [0.15, 0.2) is 0 Å². The molecule has 0 aromatic heterocycles. The number of sulfone groups is 1. The lowest BCUT2D eigenvalue weighted by molar-refractivity contribution is -0.137. The molecular weight excluding hydrogens is 258 g/mol. The van der Waals surface area contributed by atoms with Gasteiger partial charge in [0.15, 0.2) is 9.84 Å². The zero-order valence-corrected chi connectivity index (χ0v) is 11.8. The zero-order chi connectivity index (χ0) is 14.4. The van der Waals surface area contributed by atoms with Gasteiger partial charge in [-0.3, -0.25) is 9.59 Å². The van der Waals surface area contributed by atoms with Crippen LogP contribution in [-0.2, 0) is 19.4 Å². The van der Waals surface area contributed by atoms with Crippen molar-refractivity contribution in [3.05, 3.63) is 0 Å². The summed E-state index contributed by atoms with van der Waals surface area (Å²) in [6.45, 7) is 4.18. The van der Waals surface area contributed by atoms with Crippen LogP contribution in [0.5, 0.6) is 0 Å². The molecule has 0 saturated carbocycles. The van der Waals surface area contributed by atoms with E-state index in [1.165, 1.54) is 0 Å². The van der Waals surface area contributed by atoms with Crippen molar-refractivity contribution in [2.24, 2.45) is 5.41 Å². The highest BCUT2D eigenvalue weighted by Gasteiger charge is 2.19. The highest BCUT2D eigenvalue weighted by molar-refractivity contribution is 7.91. The van der Waals surface area contributed by atoms with Gasteiger partial charge in [-0.2, -0.15) is 0 Å². The maximum Gasteiger partial charge on any atom is 0.303 e. The summed E-state index contributed by atoms with van der Waals surface area (Å²) in [6.07, 6.45) is 2.22. The van der Waals surface area contributed by atoms with Crippen LogP contribution in [0.25, 0.3) is 0 Å². The standard InChI is InChI=1S/C11H21NO5S/c1-11(2,5-4-10(14)15)6-7-12-9(13)8-18(3,16)17/h4-8H2,1-3H3,(H,12,13)(H,14,15). The number of rotatable bonds is 8. The fourth-order valence-corrected chi connectivity index (χ4v) is 1.98. The van der Waals surface area contributed by atoms with Gasteiger partial charge in [-0.05, 0) is 18.3 Å². The molecule has 0 atom stereocenters. The summed E-state index contributed by atoms with van der Waals surface area (Å²) in [5, 5.41) is 11.1. The normalized spacial score (nSPS) is 12.2. The summed E-state index contributed by atoms with van der Waals surface area (Å²) < 4.78 is 21.7. The van der Waals surface area contributed by atoms with E-state index < -0.39 is 27.5 Å². The maximum atomic E-state index is 11.2. The van der Waals surface area contributed by atoms with E-state index in [0.29, 0.717) is 19.4 Å². The van der Waals surface area contributed by atoms with Crippen LogP contribution in [0.2, 0.25) is 0 Å². The average molecular weight is 279 g/mol. The molecule has 0 saturated heterocycles. The third-order valence-electron chi connectivity index (χ3n) is 2.53. The van der Waals surface area contributed by atoms with E-state index >= 15 is 0 Å². The Morgan fingerprint density at radius 2 is 1.78 bits per heavy atom. The van der Waals surface area contributed by atoms with Gasteiger partial charge in [0, 0.05) is 19.2 Å². The van der Waals surface area contributed by atoms with Gasteiger partial charge >= 0.3 is 5.97 Å². The molecule has 1 amide bonds. The van der Waals surface area contributed by atoms with Crippen molar-refractivity contribution in [1.29, 1.82) is 0 Å². The van der Waals surface area contributed by atoms with E-state index in [0.717, 1.165) is 6.26 Å². The van der Waals surface area contributed by atoms with E-state index in [1.54, 1.807) is 0 Å². The van der Waals surface area contributed by atoms with Crippen molar-refractivity contribution in [3.63, 3.8) is 0 Å². The van der Waals surface area contributed by atoms with Gasteiger partial charge in [0.1, 0.15) is 5.75 Å². The number of nitrogens with one attached hydrogen (secondary N) is 1. The Kier molecular flexibility index (Phi) is 6.31. The minimum Gasteiger partial charge on any atom is -0.481 e. The first-order chi connectivity index (χ1) is 8.02. The molecule has 0 spiro atoms. The van der Waals surface area contributed by atoms with Crippen LogP contribution in [0.1, 0.15) is 33.1 Å². The SMILES string of the molecule is CC(C)(CCNC(=O)CS(C)(=O)=O)CCC(=O)O. The second-order valence-electron chi connectivity index (χ2n) is 5.23. The number of hydrogen-bond acceptors (Lipinski definition) is 4. The van der Waals surface area contributed by atoms with Crippen LogP contribution in [-0.4, -0.2) is 44.0 Å². The Morgan fingerprint density at radius 3 is 2.22 bits per heavy atom. The fourth-order valence-electron chi connectivity index (χ4n) is 1.40. The molecule has 2 N–H and O–H groups in total. The molecule has 0 aliphatic carbocycles. The molecule has 18 heavy (non-hydrogen) atoms. The molecule has 0 rings (SSSR count). The summed E-state index contributed by atoms with van der Waals surface area (Å²) in [5.41, 5.74) is -0.198. The van der Waals surface area contributed by atoms with Crippen molar-refractivity contribution in [2.45, 2.75) is 33.1 Å². The van der Waals surface area contributed by atoms with Gasteiger partial charge < -0.3 is 10.4 Å². The summed E-state index contributed by atoms with van der Waals surface area (Å²) >= 11 is 0. The number of amides is 1. The minimum absolute atomic E-state index is 0.0876. The van der Waals surface area contributed by atoms with Crippen LogP contribution >= 0.6 is 0 Å². The van der Waals surface area contributed by atoms with Crippen molar-refractivity contribution in [1.82, 2.24) is 5.32 Å². The number of carboxylic acid groups (broad SMARTS) is 1. The second kappa shape index (κ2) is 6.72. The van der Waals surface area contributed by atoms with Crippen molar-refractivity contribution in [3.8, 4) is 0 Å². The lowest BCUT2D eigenvalue weighted by atomic mass is 9.84. The topological polar surface area (TPSA) is 101 Å². The van der Waals surface area contributed by atoms with Crippen LogP contribution < -0.4 is 5.32 Å². The Morgan fingerprint density at radius 1 is 1.22 bits per heavy atom. The third-order valence-corrected chi connectivity index (χ3v) is 3.32. The van der Waals surface area contributed by atoms with Gasteiger partial charge in [-0.25, -0.2) is 8.42 Å². The lowest BCUT2D eigenvalue weighted by Crippen LogP contribution is -2.32. The first kappa shape index (κ1) is 16.9. The summed E-state index contributed by atoms with van der Waals surface area (Å²) in [5.74, 6) is -1.88. The molecule has 106 valence electrons. The van der Waals surface area contributed by atoms with Gasteiger partial charge in [-0.1, -0.05) is 13.8 Å². The van der Waals surface area contributed by atoms with Gasteiger partial charge in [0.2, 0.25) is 5.91 Å². The molecular formula is C11H21NO5S. The third kappa shape index (κ3) is 10.1. The molecule has 0 unspecified atom stereocenters. The molecule has 0 aromatic rings. The van der Waals surface area contributed by atoms with E-state index in [9.17, 15) is 18.0 Å². The summed E-state index contributed by atoms with van der Waals surface area (Å²) in [7, 11) is -3.30. The molecule has 0 bridgehead atoms. The molecule has 6 nitrogen and oxygen atoms in total. The fraction of sp³-hybridized carbons (Fsp3) is 0.818. The smallest absolute Gasteiger partial charge is 0.303 e. The second-order valence-corrected chi connectivity index (χ2v) is 7.37. The number of carbonyl (C=O) groups is 2. The van der Waals surface area contributed by atoms with Gasteiger partial charge in [0.05, 0.1) is 0 Å². The lowest BCUT2D eigenvalue weighted by Gasteiger charge is -2.23. The summed E-state index contributed by atoms with van der Waals surface area (Å²) in [4.78, 5) is 21.7. The van der Waals surface area contributed by atoms with Gasteiger partial charge in [-0.15, -0.1) is 0 Å². The van der Waals surface area contributed by atoms with E-state index in [2.05, 4.69) is 5.32 Å². The minimum atomic E-state index is -3.30. The van der Waals surface area contributed by atoms with E-state index in [4.69, 9.17) is 5.11 Å². The Bertz CT molecular complexity index is 400. The maximum absolute atomic E-state index is 11.2. The number of aliphatic carboxylic acids is 1. The first-order valence-electron chi connectivity index (χ1n) is 5.68. The molecule has 7 heteroatoms. The molecule has 0 aromatic carbocycles. The Labute approximate surface area is 108 Å². The number of hydrogen-bond donors (Lipinski definition) is 2. The predicted molar refractivity (Wildman–Crippen MR) is 68.0 cm³/mol. The Hall–Kier alpha value is -1.11. The van der Waals surface area contributed by atoms with Gasteiger partial charge in [0.25, 0.3) is 0 Å². The molecule has 0 aliphatic heterocycles.